The SMILES string of the molecule is C.C1CC2(C1)CCC2. The molecule has 0 aromatic heterocycles. The first kappa shape index (κ1) is 6.12. The maximum atomic E-state index is 1.56. The van der Waals surface area contributed by atoms with Crippen LogP contribution in [0.2, 0.25) is 0 Å². The Morgan fingerprint density at radius 3 is 1.12 bits per heavy atom. The molecule has 0 amide bonds. The monoisotopic (exact) mass is 112 g/mol. The average molecular weight is 112 g/mol. The molecular weight excluding hydrogens is 96.1 g/mol. The predicted octanol–water partition coefficient (Wildman–Crippen LogP) is 2.98. The third-order valence-electron chi connectivity index (χ3n) is 2.83. The van der Waals surface area contributed by atoms with Crippen LogP contribution in [-0.2, 0) is 0 Å². The largest absolute Gasteiger partial charge is 0.0776 e. The van der Waals surface area contributed by atoms with Crippen LogP contribution in [0.15, 0.2) is 0 Å². The molecule has 0 aliphatic heterocycles. The minimum Gasteiger partial charge on any atom is -0.0776 e. The summed E-state index contributed by atoms with van der Waals surface area (Å²) in [6.07, 6.45) is 9.31. The number of rotatable bonds is 0. The van der Waals surface area contributed by atoms with Crippen LogP contribution in [0.1, 0.15) is 46.0 Å². The van der Waals surface area contributed by atoms with Crippen molar-refractivity contribution in [3.63, 3.8) is 0 Å². The van der Waals surface area contributed by atoms with Crippen molar-refractivity contribution in [2.24, 2.45) is 5.41 Å². The summed E-state index contributed by atoms with van der Waals surface area (Å²) in [6.45, 7) is 0. The standard InChI is InChI=1S/C7H12.CH4/c1-3-7(4-1)5-2-6-7;/h1-6H2;1H4. The topological polar surface area (TPSA) is 0 Å². The fraction of sp³-hybridized carbons (Fsp3) is 1.00. The summed E-state index contributed by atoms with van der Waals surface area (Å²) >= 11 is 0. The van der Waals surface area contributed by atoms with E-state index in [0.29, 0.717) is 0 Å². The Morgan fingerprint density at radius 2 is 1.12 bits per heavy atom. The highest BCUT2D eigenvalue weighted by Gasteiger charge is 2.41. The minimum absolute atomic E-state index is 0. The fourth-order valence-corrected chi connectivity index (χ4v) is 1.85. The molecule has 0 N–H and O–H groups in total. The maximum absolute atomic E-state index is 1.56. The normalized spacial score (nSPS) is 30.0. The van der Waals surface area contributed by atoms with E-state index in [1.165, 1.54) is 12.8 Å². The quantitative estimate of drug-likeness (QED) is 0.452. The van der Waals surface area contributed by atoms with Crippen molar-refractivity contribution in [3.05, 3.63) is 0 Å². The summed E-state index contributed by atoms with van der Waals surface area (Å²) in [6, 6.07) is 0. The van der Waals surface area contributed by atoms with Gasteiger partial charge in [-0.15, -0.1) is 0 Å². The summed E-state index contributed by atoms with van der Waals surface area (Å²) in [7, 11) is 0. The lowest BCUT2D eigenvalue weighted by atomic mass is 9.56. The van der Waals surface area contributed by atoms with E-state index >= 15 is 0 Å². The van der Waals surface area contributed by atoms with E-state index in [9.17, 15) is 0 Å². The van der Waals surface area contributed by atoms with E-state index in [2.05, 4.69) is 0 Å². The summed E-state index contributed by atoms with van der Waals surface area (Å²) in [4.78, 5) is 0. The van der Waals surface area contributed by atoms with Crippen LogP contribution in [0.5, 0.6) is 0 Å². The molecule has 8 heavy (non-hydrogen) atoms. The average Bonchev–Trinajstić information content (AvgIpc) is 1.20. The first-order valence-corrected chi connectivity index (χ1v) is 3.41. The molecule has 0 bridgehead atoms. The highest BCUT2D eigenvalue weighted by molar-refractivity contribution is 4.93. The summed E-state index contributed by atoms with van der Waals surface area (Å²) in [5.41, 5.74) is 0.944. The van der Waals surface area contributed by atoms with E-state index in [1.54, 1.807) is 25.7 Å². The molecule has 2 aliphatic carbocycles. The smallest absolute Gasteiger partial charge is 0.0297 e. The van der Waals surface area contributed by atoms with Gasteiger partial charge in [0.2, 0.25) is 0 Å². The van der Waals surface area contributed by atoms with E-state index in [-0.39, 0.29) is 7.43 Å². The van der Waals surface area contributed by atoms with Crippen LogP contribution in [0, 0.1) is 5.41 Å². The van der Waals surface area contributed by atoms with Crippen molar-refractivity contribution >= 4 is 0 Å². The van der Waals surface area contributed by atoms with Gasteiger partial charge in [0, 0.05) is 0 Å². The highest BCUT2D eigenvalue weighted by Crippen LogP contribution is 2.55. The second-order valence-electron chi connectivity index (χ2n) is 3.21. The lowest BCUT2D eigenvalue weighted by Crippen LogP contribution is -2.35. The summed E-state index contributed by atoms with van der Waals surface area (Å²) in [5.74, 6) is 0. The van der Waals surface area contributed by atoms with Crippen molar-refractivity contribution in [1.82, 2.24) is 0 Å². The minimum atomic E-state index is 0. The van der Waals surface area contributed by atoms with Crippen LogP contribution in [-0.4, -0.2) is 0 Å². The van der Waals surface area contributed by atoms with Crippen molar-refractivity contribution < 1.29 is 0 Å². The molecule has 2 saturated carbocycles. The first-order valence-electron chi connectivity index (χ1n) is 3.41. The van der Waals surface area contributed by atoms with Gasteiger partial charge in [0.25, 0.3) is 0 Å². The van der Waals surface area contributed by atoms with Gasteiger partial charge in [-0.05, 0) is 31.1 Å². The first-order chi connectivity index (χ1) is 3.41. The van der Waals surface area contributed by atoms with Gasteiger partial charge in [-0.25, -0.2) is 0 Å². The second-order valence-corrected chi connectivity index (χ2v) is 3.21. The lowest BCUT2D eigenvalue weighted by Gasteiger charge is -2.49. The van der Waals surface area contributed by atoms with Crippen LogP contribution >= 0.6 is 0 Å². The lowest BCUT2D eigenvalue weighted by molar-refractivity contribution is 0.0314. The van der Waals surface area contributed by atoms with Gasteiger partial charge in [-0.1, -0.05) is 20.3 Å². The molecule has 48 valence electrons. The molecule has 2 fully saturated rings. The van der Waals surface area contributed by atoms with Gasteiger partial charge in [-0.3, -0.25) is 0 Å². The third kappa shape index (κ3) is 0.586. The Kier molecular flexibility index (Phi) is 1.34. The van der Waals surface area contributed by atoms with Gasteiger partial charge >= 0.3 is 0 Å². The fourth-order valence-electron chi connectivity index (χ4n) is 1.85. The van der Waals surface area contributed by atoms with E-state index < -0.39 is 0 Å². The molecule has 0 atom stereocenters. The van der Waals surface area contributed by atoms with Gasteiger partial charge in [0.15, 0.2) is 0 Å². The van der Waals surface area contributed by atoms with Gasteiger partial charge in [-0.2, -0.15) is 0 Å². The molecule has 0 aromatic rings. The molecule has 0 radical (unpaired) electrons. The zero-order chi connectivity index (χ0) is 4.74. The predicted molar refractivity (Wildman–Crippen MR) is 36.9 cm³/mol. The Morgan fingerprint density at radius 1 is 0.750 bits per heavy atom. The molecule has 1 spiro atoms. The molecule has 0 aromatic carbocycles. The maximum Gasteiger partial charge on any atom is -0.0297 e. The molecule has 2 rings (SSSR count). The molecule has 2 aliphatic rings. The van der Waals surface area contributed by atoms with Crippen LogP contribution < -0.4 is 0 Å². The van der Waals surface area contributed by atoms with Crippen LogP contribution in [0.25, 0.3) is 0 Å². The van der Waals surface area contributed by atoms with Gasteiger partial charge in [0.05, 0.1) is 0 Å². The Bertz CT molecular complexity index is 60.5. The molecule has 0 unspecified atom stereocenters. The summed E-state index contributed by atoms with van der Waals surface area (Å²) < 4.78 is 0. The second kappa shape index (κ2) is 1.75. The van der Waals surface area contributed by atoms with Crippen molar-refractivity contribution in [2.75, 3.05) is 0 Å². The van der Waals surface area contributed by atoms with E-state index in [0.717, 1.165) is 5.41 Å². The molecule has 0 heterocycles. The molecule has 0 nitrogen and oxygen atoms in total. The summed E-state index contributed by atoms with van der Waals surface area (Å²) in [5, 5.41) is 0. The van der Waals surface area contributed by atoms with Crippen molar-refractivity contribution in [2.45, 2.75) is 46.0 Å². The number of hydrogen-bond donors (Lipinski definition) is 0. The van der Waals surface area contributed by atoms with Gasteiger partial charge < -0.3 is 0 Å². The van der Waals surface area contributed by atoms with Crippen LogP contribution in [0.3, 0.4) is 0 Å². The van der Waals surface area contributed by atoms with E-state index in [1.807, 2.05) is 0 Å². The van der Waals surface area contributed by atoms with E-state index in [4.69, 9.17) is 0 Å². The molecule has 0 saturated heterocycles. The Labute approximate surface area is 52.3 Å². The van der Waals surface area contributed by atoms with Crippen LogP contribution in [0.4, 0.5) is 0 Å². The zero-order valence-electron chi connectivity index (χ0n) is 4.74. The third-order valence-corrected chi connectivity index (χ3v) is 2.83. The van der Waals surface area contributed by atoms with Crippen molar-refractivity contribution in [1.29, 1.82) is 0 Å². The highest BCUT2D eigenvalue weighted by atomic mass is 14.5. The van der Waals surface area contributed by atoms with Crippen molar-refractivity contribution in [3.8, 4) is 0 Å². The molecular formula is C8H16. The van der Waals surface area contributed by atoms with Gasteiger partial charge in [0.1, 0.15) is 0 Å². The Hall–Kier alpha value is 0. The Balaban J connectivity index is 0.000000320. The zero-order valence-corrected chi connectivity index (χ0v) is 4.74. The number of hydrogen-bond acceptors (Lipinski definition) is 0. The molecule has 0 heteroatoms.